The average Bonchev–Trinajstić information content (AvgIpc) is 3.27. The molecule has 0 bridgehead atoms. The molecule has 1 aliphatic carbocycles. The van der Waals surface area contributed by atoms with Crippen molar-refractivity contribution in [3.63, 3.8) is 0 Å². The van der Waals surface area contributed by atoms with E-state index in [0.29, 0.717) is 0 Å². The summed E-state index contributed by atoms with van der Waals surface area (Å²) in [5.41, 5.74) is 0. The molecular formula is C17H30N4OS. The first kappa shape index (κ1) is 18.2. The summed E-state index contributed by atoms with van der Waals surface area (Å²) in [5.74, 6) is 0.976. The molecule has 5 nitrogen and oxygen atoms in total. The second-order valence-electron chi connectivity index (χ2n) is 5.98. The molecule has 1 aromatic heterocycles. The molecule has 0 amide bonds. The van der Waals surface area contributed by atoms with Gasteiger partial charge in [-0.2, -0.15) is 0 Å². The van der Waals surface area contributed by atoms with E-state index in [1.165, 1.54) is 17.7 Å². The quantitative estimate of drug-likeness (QED) is 0.523. The molecule has 0 saturated heterocycles. The molecule has 6 heteroatoms. The van der Waals surface area contributed by atoms with E-state index in [9.17, 15) is 0 Å². The molecular weight excluding hydrogens is 308 g/mol. The number of likely N-dealkylation sites (N-methyl/N-ethyl adjacent to an activating group) is 1. The number of ether oxygens (including phenoxy) is 1. The fourth-order valence-corrected chi connectivity index (χ4v) is 3.36. The van der Waals surface area contributed by atoms with Crippen LogP contribution in [0.15, 0.2) is 22.5 Å². The predicted molar refractivity (Wildman–Crippen MR) is 98.5 cm³/mol. The molecule has 0 spiro atoms. The van der Waals surface area contributed by atoms with Gasteiger partial charge in [-0.25, -0.2) is 0 Å². The van der Waals surface area contributed by atoms with Crippen molar-refractivity contribution in [2.45, 2.75) is 25.3 Å². The van der Waals surface area contributed by atoms with Crippen molar-refractivity contribution < 1.29 is 4.74 Å². The molecule has 1 heterocycles. The minimum absolute atomic E-state index is 0.769. The van der Waals surface area contributed by atoms with E-state index in [2.05, 4.69) is 44.7 Å². The highest BCUT2D eigenvalue weighted by Crippen LogP contribution is 2.25. The number of methoxy groups -OCH3 is 1. The lowest BCUT2D eigenvalue weighted by molar-refractivity contribution is 0.144. The lowest BCUT2D eigenvalue weighted by Gasteiger charge is -2.25. The predicted octanol–water partition coefficient (Wildman–Crippen LogP) is 1.91. The summed E-state index contributed by atoms with van der Waals surface area (Å²) in [6, 6.07) is 5.07. The zero-order valence-corrected chi connectivity index (χ0v) is 15.4. The summed E-state index contributed by atoms with van der Waals surface area (Å²) < 4.78 is 5.21. The van der Waals surface area contributed by atoms with Crippen LogP contribution < -0.4 is 5.32 Å². The summed E-state index contributed by atoms with van der Waals surface area (Å²) in [5, 5.41) is 5.62. The van der Waals surface area contributed by atoms with Crippen LogP contribution in [0.4, 0.5) is 0 Å². The zero-order valence-electron chi connectivity index (χ0n) is 14.6. The van der Waals surface area contributed by atoms with E-state index >= 15 is 0 Å². The number of hydrogen-bond donors (Lipinski definition) is 1. The first-order valence-corrected chi connectivity index (χ1v) is 9.29. The Labute approximate surface area is 144 Å². The van der Waals surface area contributed by atoms with Crippen molar-refractivity contribution in [3.05, 3.63) is 22.4 Å². The number of guanidine groups is 1. The molecule has 1 N–H and O–H groups in total. The SMILES string of the molecule is CN=C(NCCN(CCOC)C1CC1)N(C)CCc1cccs1. The number of rotatable bonds is 10. The Bertz CT molecular complexity index is 459. The summed E-state index contributed by atoms with van der Waals surface area (Å²) in [4.78, 5) is 10.5. The summed E-state index contributed by atoms with van der Waals surface area (Å²) in [6.45, 7) is 4.79. The van der Waals surface area contributed by atoms with Gasteiger partial charge in [0.1, 0.15) is 0 Å². The van der Waals surface area contributed by atoms with E-state index in [1.54, 1.807) is 7.11 Å². The maximum absolute atomic E-state index is 5.21. The Morgan fingerprint density at radius 3 is 2.83 bits per heavy atom. The molecule has 130 valence electrons. The van der Waals surface area contributed by atoms with Gasteiger partial charge in [-0.1, -0.05) is 6.07 Å². The van der Waals surface area contributed by atoms with E-state index in [0.717, 1.165) is 51.2 Å². The van der Waals surface area contributed by atoms with Crippen LogP contribution in [0.5, 0.6) is 0 Å². The molecule has 0 radical (unpaired) electrons. The first-order chi connectivity index (χ1) is 11.2. The minimum atomic E-state index is 0.769. The average molecular weight is 339 g/mol. The molecule has 0 atom stereocenters. The van der Waals surface area contributed by atoms with Gasteiger partial charge in [0.25, 0.3) is 0 Å². The Hall–Kier alpha value is -1.11. The monoisotopic (exact) mass is 338 g/mol. The van der Waals surface area contributed by atoms with E-state index in [-0.39, 0.29) is 0 Å². The van der Waals surface area contributed by atoms with Gasteiger partial charge in [0.15, 0.2) is 5.96 Å². The second-order valence-corrected chi connectivity index (χ2v) is 7.02. The van der Waals surface area contributed by atoms with Gasteiger partial charge in [-0.15, -0.1) is 11.3 Å². The molecule has 0 aromatic carbocycles. The largest absolute Gasteiger partial charge is 0.383 e. The van der Waals surface area contributed by atoms with Crippen LogP contribution in [0.1, 0.15) is 17.7 Å². The summed E-state index contributed by atoms with van der Waals surface area (Å²) in [7, 11) is 5.73. The Morgan fingerprint density at radius 1 is 1.39 bits per heavy atom. The number of nitrogens with one attached hydrogen (secondary N) is 1. The van der Waals surface area contributed by atoms with Crippen LogP contribution in [0, 0.1) is 0 Å². The van der Waals surface area contributed by atoms with Crippen LogP contribution in [0.25, 0.3) is 0 Å². The third-order valence-corrected chi connectivity index (χ3v) is 5.11. The summed E-state index contributed by atoms with van der Waals surface area (Å²) >= 11 is 1.82. The zero-order chi connectivity index (χ0) is 16.5. The van der Waals surface area contributed by atoms with Crippen LogP contribution in [-0.4, -0.2) is 75.8 Å². The van der Waals surface area contributed by atoms with Crippen LogP contribution in [-0.2, 0) is 11.2 Å². The number of aliphatic imine (C=N–C) groups is 1. The molecule has 1 aliphatic rings. The molecule has 1 aromatic rings. The highest BCUT2D eigenvalue weighted by molar-refractivity contribution is 7.09. The Kier molecular flexibility index (Phi) is 7.85. The van der Waals surface area contributed by atoms with Gasteiger partial charge in [0.2, 0.25) is 0 Å². The van der Waals surface area contributed by atoms with Crippen molar-refractivity contribution in [3.8, 4) is 0 Å². The summed E-state index contributed by atoms with van der Waals surface area (Å²) in [6.07, 6.45) is 3.73. The van der Waals surface area contributed by atoms with E-state index < -0.39 is 0 Å². The standard InChI is InChI=1S/C17H30N4OS/c1-18-17(20(2)10-8-16-5-4-14-23-16)19-9-11-21(12-13-22-3)15-6-7-15/h4-5,14-15H,6-13H2,1-3H3,(H,18,19). The van der Waals surface area contributed by atoms with Gasteiger partial charge in [-0.05, 0) is 30.7 Å². The highest BCUT2D eigenvalue weighted by atomic mass is 32.1. The molecule has 0 aliphatic heterocycles. The third kappa shape index (κ3) is 6.49. The lowest BCUT2D eigenvalue weighted by Crippen LogP contribution is -2.44. The van der Waals surface area contributed by atoms with Crippen molar-refractivity contribution in [2.75, 3.05) is 54.0 Å². The topological polar surface area (TPSA) is 40.1 Å². The molecule has 1 saturated carbocycles. The number of hydrogen-bond acceptors (Lipinski definition) is 4. The van der Waals surface area contributed by atoms with E-state index in [1.807, 2.05) is 18.4 Å². The normalized spacial score (nSPS) is 15.2. The van der Waals surface area contributed by atoms with Gasteiger partial charge in [-0.3, -0.25) is 9.89 Å². The van der Waals surface area contributed by atoms with Gasteiger partial charge in [0, 0.05) is 58.3 Å². The highest BCUT2D eigenvalue weighted by Gasteiger charge is 2.28. The van der Waals surface area contributed by atoms with Gasteiger partial charge < -0.3 is 15.0 Å². The smallest absolute Gasteiger partial charge is 0.193 e. The Morgan fingerprint density at radius 2 is 2.22 bits per heavy atom. The molecule has 23 heavy (non-hydrogen) atoms. The molecule has 1 fully saturated rings. The number of nitrogens with zero attached hydrogens (tertiary/aromatic N) is 3. The Balaban J connectivity index is 1.68. The van der Waals surface area contributed by atoms with Gasteiger partial charge in [0.05, 0.1) is 6.61 Å². The second kappa shape index (κ2) is 9.90. The minimum Gasteiger partial charge on any atom is -0.383 e. The molecule has 2 rings (SSSR count). The maximum Gasteiger partial charge on any atom is 0.193 e. The van der Waals surface area contributed by atoms with Crippen LogP contribution in [0.3, 0.4) is 0 Å². The van der Waals surface area contributed by atoms with Gasteiger partial charge >= 0.3 is 0 Å². The van der Waals surface area contributed by atoms with Crippen LogP contribution >= 0.6 is 11.3 Å². The maximum atomic E-state index is 5.21. The third-order valence-electron chi connectivity index (χ3n) is 4.18. The van der Waals surface area contributed by atoms with Crippen molar-refractivity contribution in [2.24, 2.45) is 4.99 Å². The fraction of sp³-hybridized carbons (Fsp3) is 0.706. The van der Waals surface area contributed by atoms with E-state index in [4.69, 9.17) is 4.74 Å². The lowest BCUT2D eigenvalue weighted by atomic mass is 10.3. The fourth-order valence-electron chi connectivity index (χ4n) is 2.66. The van der Waals surface area contributed by atoms with Crippen molar-refractivity contribution in [1.82, 2.24) is 15.1 Å². The molecule has 0 unspecified atom stereocenters. The van der Waals surface area contributed by atoms with Crippen LogP contribution in [0.2, 0.25) is 0 Å². The number of thiophene rings is 1. The van der Waals surface area contributed by atoms with Crippen molar-refractivity contribution >= 4 is 17.3 Å². The van der Waals surface area contributed by atoms with Crippen molar-refractivity contribution in [1.29, 1.82) is 0 Å². The first-order valence-electron chi connectivity index (χ1n) is 8.41.